The van der Waals surface area contributed by atoms with Crippen LogP contribution < -0.4 is 10.6 Å². The molecule has 1 aromatic rings. The Kier molecular flexibility index (Phi) is 4.20. The van der Waals surface area contributed by atoms with Crippen LogP contribution in [0.1, 0.15) is 24.8 Å². The number of hydrogen-bond acceptors (Lipinski definition) is 2. The molecule has 0 bridgehead atoms. The van der Waals surface area contributed by atoms with E-state index in [-0.39, 0.29) is 11.6 Å². The quantitative estimate of drug-likeness (QED) is 0.783. The van der Waals surface area contributed by atoms with E-state index in [9.17, 15) is 4.79 Å². The molecule has 0 spiro atoms. The minimum Gasteiger partial charge on any atom is -0.383 e. The number of ether oxygens (including phenoxy) is 1. The van der Waals surface area contributed by atoms with Gasteiger partial charge in [-0.05, 0) is 24.8 Å². The molecular formula is C14H20N2O2. The van der Waals surface area contributed by atoms with E-state index in [1.807, 2.05) is 18.2 Å². The van der Waals surface area contributed by atoms with E-state index in [1.54, 1.807) is 7.11 Å². The van der Waals surface area contributed by atoms with E-state index in [0.717, 1.165) is 19.3 Å². The van der Waals surface area contributed by atoms with Crippen molar-refractivity contribution in [3.8, 4) is 0 Å². The number of methoxy groups -OCH3 is 1. The van der Waals surface area contributed by atoms with Crippen LogP contribution in [0.4, 0.5) is 4.79 Å². The Bertz CT molecular complexity index is 388. The highest BCUT2D eigenvalue weighted by molar-refractivity contribution is 5.75. The predicted octanol–water partition coefficient (Wildman–Crippen LogP) is 2.01. The maximum Gasteiger partial charge on any atom is 0.315 e. The van der Waals surface area contributed by atoms with Crippen molar-refractivity contribution in [3.63, 3.8) is 0 Å². The number of hydrogen-bond donors (Lipinski definition) is 2. The normalized spacial score (nSPS) is 16.7. The van der Waals surface area contributed by atoms with E-state index in [1.165, 1.54) is 5.56 Å². The zero-order valence-corrected chi connectivity index (χ0v) is 10.7. The molecule has 0 aromatic heterocycles. The maximum atomic E-state index is 11.8. The number of rotatable bonds is 5. The summed E-state index contributed by atoms with van der Waals surface area (Å²) in [5, 5.41) is 5.90. The molecule has 2 N–H and O–H groups in total. The highest BCUT2D eigenvalue weighted by Crippen LogP contribution is 2.40. The largest absolute Gasteiger partial charge is 0.383 e. The monoisotopic (exact) mass is 248 g/mol. The van der Waals surface area contributed by atoms with Crippen molar-refractivity contribution in [2.24, 2.45) is 0 Å². The Morgan fingerprint density at radius 3 is 2.61 bits per heavy atom. The summed E-state index contributed by atoms with van der Waals surface area (Å²) in [6.45, 7) is 1.07. The molecule has 1 aliphatic rings. The molecule has 1 aromatic carbocycles. The first-order valence-electron chi connectivity index (χ1n) is 6.37. The van der Waals surface area contributed by atoms with E-state index >= 15 is 0 Å². The topological polar surface area (TPSA) is 50.4 Å². The molecule has 1 fully saturated rings. The lowest BCUT2D eigenvalue weighted by Gasteiger charge is -2.43. The fourth-order valence-electron chi connectivity index (χ4n) is 2.30. The molecule has 0 radical (unpaired) electrons. The van der Waals surface area contributed by atoms with Gasteiger partial charge in [-0.3, -0.25) is 0 Å². The number of carbonyl (C=O) groups excluding carboxylic acids is 1. The number of benzene rings is 1. The van der Waals surface area contributed by atoms with Crippen LogP contribution in [0, 0.1) is 0 Å². The van der Waals surface area contributed by atoms with E-state index in [2.05, 4.69) is 22.8 Å². The van der Waals surface area contributed by atoms with Gasteiger partial charge in [0.1, 0.15) is 0 Å². The third-order valence-electron chi connectivity index (χ3n) is 3.48. The minimum absolute atomic E-state index is 0.115. The van der Waals surface area contributed by atoms with Gasteiger partial charge in [0.25, 0.3) is 0 Å². The summed E-state index contributed by atoms with van der Waals surface area (Å²) in [5.74, 6) is 0. The van der Waals surface area contributed by atoms with Gasteiger partial charge >= 0.3 is 6.03 Å². The summed E-state index contributed by atoms with van der Waals surface area (Å²) < 4.78 is 4.90. The van der Waals surface area contributed by atoms with Crippen molar-refractivity contribution in [3.05, 3.63) is 35.9 Å². The Morgan fingerprint density at radius 1 is 1.33 bits per heavy atom. The Hall–Kier alpha value is -1.55. The molecule has 0 atom stereocenters. The van der Waals surface area contributed by atoms with Crippen molar-refractivity contribution < 1.29 is 9.53 Å². The van der Waals surface area contributed by atoms with Crippen LogP contribution in [-0.4, -0.2) is 26.3 Å². The molecule has 4 heteroatoms. The summed E-state index contributed by atoms with van der Waals surface area (Å²) in [6.07, 6.45) is 3.18. The Labute approximate surface area is 108 Å². The Balaban J connectivity index is 1.95. The molecule has 4 nitrogen and oxygen atoms in total. The zero-order chi connectivity index (χ0) is 12.8. The van der Waals surface area contributed by atoms with Gasteiger partial charge < -0.3 is 15.4 Å². The van der Waals surface area contributed by atoms with E-state index < -0.39 is 0 Å². The second-order valence-electron chi connectivity index (χ2n) is 4.68. The lowest BCUT2D eigenvalue weighted by Crippen LogP contribution is -2.54. The molecule has 18 heavy (non-hydrogen) atoms. The minimum atomic E-state index is -0.168. The second-order valence-corrected chi connectivity index (χ2v) is 4.68. The summed E-state index contributed by atoms with van der Waals surface area (Å²) in [4.78, 5) is 11.8. The molecule has 2 rings (SSSR count). The summed E-state index contributed by atoms with van der Waals surface area (Å²) in [6, 6.07) is 10.1. The number of carbonyl (C=O) groups is 1. The molecule has 0 unspecified atom stereocenters. The third kappa shape index (κ3) is 2.82. The van der Waals surface area contributed by atoms with Crippen molar-refractivity contribution in [2.45, 2.75) is 24.8 Å². The van der Waals surface area contributed by atoms with Crippen LogP contribution in [0.25, 0.3) is 0 Å². The van der Waals surface area contributed by atoms with Crippen LogP contribution in [0.15, 0.2) is 30.3 Å². The molecule has 0 saturated heterocycles. The Morgan fingerprint density at radius 2 is 2.06 bits per heavy atom. The first-order valence-corrected chi connectivity index (χ1v) is 6.37. The lowest BCUT2D eigenvalue weighted by atomic mass is 9.72. The lowest BCUT2D eigenvalue weighted by molar-refractivity contribution is 0.170. The standard InChI is InChI=1S/C14H20N2O2/c1-18-11-10-15-13(17)16-14(8-5-9-14)12-6-3-2-4-7-12/h2-4,6-7H,5,8-11H2,1H3,(H2,15,16,17). The molecule has 98 valence electrons. The zero-order valence-electron chi connectivity index (χ0n) is 10.7. The summed E-state index contributed by atoms with van der Waals surface area (Å²) in [7, 11) is 1.62. The van der Waals surface area contributed by atoms with Crippen LogP contribution >= 0.6 is 0 Å². The van der Waals surface area contributed by atoms with Crippen molar-refractivity contribution in [1.29, 1.82) is 0 Å². The van der Waals surface area contributed by atoms with Crippen LogP contribution in [-0.2, 0) is 10.3 Å². The fraction of sp³-hybridized carbons (Fsp3) is 0.500. The predicted molar refractivity (Wildman–Crippen MR) is 70.4 cm³/mol. The average Bonchev–Trinajstić information content (AvgIpc) is 2.35. The number of nitrogens with one attached hydrogen (secondary N) is 2. The summed E-state index contributed by atoms with van der Waals surface area (Å²) in [5.41, 5.74) is 1.02. The highest BCUT2D eigenvalue weighted by Gasteiger charge is 2.39. The number of urea groups is 1. The summed E-state index contributed by atoms with van der Waals surface area (Å²) >= 11 is 0. The number of amides is 2. The third-order valence-corrected chi connectivity index (χ3v) is 3.48. The SMILES string of the molecule is COCCNC(=O)NC1(c2ccccc2)CCC1. The van der Waals surface area contributed by atoms with Gasteiger partial charge in [0.15, 0.2) is 0 Å². The van der Waals surface area contributed by atoms with Crippen LogP contribution in [0.3, 0.4) is 0 Å². The van der Waals surface area contributed by atoms with Crippen LogP contribution in [0.2, 0.25) is 0 Å². The first-order chi connectivity index (χ1) is 8.77. The average molecular weight is 248 g/mol. The molecule has 0 heterocycles. The maximum absolute atomic E-state index is 11.8. The van der Waals surface area contributed by atoms with Gasteiger partial charge in [0, 0.05) is 13.7 Å². The van der Waals surface area contributed by atoms with Crippen LogP contribution in [0.5, 0.6) is 0 Å². The molecule has 2 amide bonds. The molecule has 0 aliphatic heterocycles. The van der Waals surface area contributed by atoms with Gasteiger partial charge in [-0.15, -0.1) is 0 Å². The van der Waals surface area contributed by atoms with Gasteiger partial charge in [0.05, 0.1) is 12.1 Å². The van der Waals surface area contributed by atoms with Crippen molar-refractivity contribution >= 4 is 6.03 Å². The van der Waals surface area contributed by atoms with E-state index in [0.29, 0.717) is 13.2 Å². The highest BCUT2D eigenvalue weighted by atomic mass is 16.5. The van der Waals surface area contributed by atoms with Gasteiger partial charge in [-0.2, -0.15) is 0 Å². The first kappa shape index (κ1) is 12.9. The van der Waals surface area contributed by atoms with Crippen molar-refractivity contribution in [1.82, 2.24) is 10.6 Å². The van der Waals surface area contributed by atoms with E-state index in [4.69, 9.17) is 4.74 Å². The van der Waals surface area contributed by atoms with Gasteiger partial charge in [-0.25, -0.2) is 4.79 Å². The van der Waals surface area contributed by atoms with Crippen molar-refractivity contribution in [2.75, 3.05) is 20.3 Å². The van der Waals surface area contributed by atoms with Gasteiger partial charge in [-0.1, -0.05) is 30.3 Å². The smallest absolute Gasteiger partial charge is 0.315 e. The molecular weight excluding hydrogens is 228 g/mol. The second kappa shape index (κ2) is 5.87. The fourth-order valence-corrected chi connectivity index (χ4v) is 2.30. The van der Waals surface area contributed by atoms with Gasteiger partial charge in [0.2, 0.25) is 0 Å². The molecule has 1 aliphatic carbocycles. The molecule has 1 saturated carbocycles.